The Morgan fingerprint density at radius 1 is 0.283 bits per heavy atom. The first kappa shape index (κ1) is 34.3. The van der Waals surface area contributed by atoms with E-state index < -0.39 is 5.41 Å². The number of nitrogens with zero attached hydrogens (tertiary/aromatic N) is 1. The molecule has 10 aromatic carbocycles. The topological polar surface area (TPSA) is 3.24 Å². The number of benzene rings is 10. The third-order valence-electron chi connectivity index (χ3n) is 12.9. The van der Waals surface area contributed by atoms with E-state index >= 15 is 0 Å². The van der Waals surface area contributed by atoms with E-state index in [-0.39, 0.29) is 0 Å². The van der Waals surface area contributed by atoms with Gasteiger partial charge in [0.2, 0.25) is 0 Å². The summed E-state index contributed by atoms with van der Waals surface area (Å²) in [5, 5.41) is 2.52. The van der Waals surface area contributed by atoms with E-state index in [1.54, 1.807) is 0 Å². The molecule has 0 amide bonds. The fourth-order valence-corrected chi connectivity index (χ4v) is 10.3. The van der Waals surface area contributed by atoms with Gasteiger partial charge in [0.25, 0.3) is 0 Å². The predicted molar refractivity (Wildman–Crippen MR) is 251 cm³/mol. The van der Waals surface area contributed by atoms with Crippen LogP contribution in [-0.4, -0.2) is 0 Å². The summed E-state index contributed by atoms with van der Waals surface area (Å²) >= 11 is 0. The minimum absolute atomic E-state index is 0.420. The third-order valence-corrected chi connectivity index (χ3v) is 12.9. The highest BCUT2D eigenvalue weighted by Crippen LogP contribution is 2.64. The Kier molecular flexibility index (Phi) is 7.83. The minimum atomic E-state index is -0.420. The average Bonchev–Trinajstić information content (AvgIpc) is 3.80. The lowest BCUT2D eigenvalue weighted by Gasteiger charge is -2.32. The van der Waals surface area contributed by atoms with Crippen molar-refractivity contribution in [2.45, 2.75) is 5.41 Å². The van der Waals surface area contributed by atoms with Crippen molar-refractivity contribution < 1.29 is 0 Å². The van der Waals surface area contributed by atoms with Gasteiger partial charge in [0.05, 0.1) is 11.1 Å². The molecule has 280 valence electrons. The summed E-state index contributed by atoms with van der Waals surface area (Å²) < 4.78 is 0. The Hall–Kier alpha value is -7.74. The molecule has 1 spiro atoms. The molecule has 0 fully saturated rings. The summed E-state index contributed by atoms with van der Waals surface area (Å²) in [5.74, 6) is 0. The molecule has 2 aliphatic carbocycles. The van der Waals surface area contributed by atoms with Crippen molar-refractivity contribution in [3.05, 3.63) is 259 Å². The van der Waals surface area contributed by atoms with Crippen molar-refractivity contribution in [3.63, 3.8) is 0 Å². The summed E-state index contributed by atoms with van der Waals surface area (Å²) in [4.78, 5) is 2.46. The van der Waals surface area contributed by atoms with Crippen LogP contribution in [0.4, 0.5) is 17.1 Å². The van der Waals surface area contributed by atoms with Crippen LogP contribution in [0.3, 0.4) is 0 Å². The molecule has 0 unspecified atom stereocenters. The van der Waals surface area contributed by atoms with Crippen LogP contribution in [-0.2, 0) is 5.41 Å². The van der Waals surface area contributed by atoms with E-state index in [4.69, 9.17) is 0 Å². The molecular weight excluding hydrogens is 723 g/mol. The highest BCUT2D eigenvalue weighted by atomic mass is 15.1. The van der Waals surface area contributed by atoms with Gasteiger partial charge in [0.1, 0.15) is 0 Å². The molecule has 0 N–H and O–H groups in total. The second-order valence-electron chi connectivity index (χ2n) is 16.0. The van der Waals surface area contributed by atoms with Crippen molar-refractivity contribution in [1.82, 2.24) is 0 Å². The summed E-state index contributed by atoms with van der Waals surface area (Å²) in [6, 6.07) is 87.2. The third kappa shape index (κ3) is 5.13. The quantitative estimate of drug-likeness (QED) is 0.163. The van der Waals surface area contributed by atoms with Gasteiger partial charge in [0, 0.05) is 16.9 Å². The van der Waals surface area contributed by atoms with Gasteiger partial charge in [-0.3, -0.25) is 0 Å². The number of hydrogen-bond donors (Lipinski definition) is 0. The summed E-state index contributed by atoms with van der Waals surface area (Å²) in [5.41, 5.74) is 20.8. The lowest BCUT2D eigenvalue weighted by atomic mass is 9.70. The molecule has 0 saturated carbocycles. The summed E-state index contributed by atoms with van der Waals surface area (Å²) in [7, 11) is 0. The first-order valence-corrected chi connectivity index (χ1v) is 20.8. The molecule has 0 aliphatic heterocycles. The minimum Gasteiger partial charge on any atom is -0.310 e. The van der Waals surface area contributed by atoms with E-state index in [9.17, 15) is 0 Å². The molecule has 10 aromatic rings. The van der Waals surface area contributed by atoms with Crippen molar-refractivity contribution in [3.8, 4) is 55.6 Å². The zero-order chi connectivity index (χ0) is 39.6. The average molecular weight is 762 g/mol. The standard InChI is InChI=1S/C59H39N/c1-2-15-40(16-3-1)41-31-35-46(36-32-41)60(47-37-33-42(34-38-47)44-19-12-20-45(39-44)49-25-13-18-43-17-4-5-21-48(43)49)57-30-14-29-56-58(57)52-24-8-11-28-55(52)59(56)53-26-9-6-22-50(53)51-23-7-10-27-54(51)59/h1-39H. The Labute approximate surface area is 351 Å². The number of rotatable bonds is 6. The molecule has 0 aromatic heterocycles. The van der Waals surface area contributed by atoms with Crippen LogP contribution in [0.5, 0.6) is 0 Å². The van der Waals surface area contributed by atoms with Crippen LogP contribution in [0, 0.1) is 0 Å². The maximum atomic E-state index is 2.46. The monoisotopic (exact) mass is 761 g/mol. The van der Waals surface area contributed by atoms with Crippen molar-refractivity contribution in [1.29, 1.82) is 0 Å². The van der Waals surface area contributed by atoms with Gasteiger partial charge in [-0.15, -0.1) is 0 Å². The molecule has 12 rings (SSSR count). The van der Waals surface area contributed by atoms with Crippen LogP contribution in [0.2, 0.25) is 0 Å². The lowest BCUT2D eigenvalue weighted by molar-refractivity contribution is 0.794. The second kappa shape index (κ2) is 13.7. The van der Waals surface area contributed by atoms with Crippen molar-refractivity contribution in [2.75, 3.05) is 4.90 Å². The van der Waals surface area contributed by atoms with Gasteiger partial charge in [-0.1, -0.05) is 200 Å². The first-order chi connectivity index (χ1) is 29.8. The van der Waals surface area contributed by atoms with Gasteiger partial charge in [-0.2, -0.15) is 0 Å². The molecule has 0 radical (unpaired) electrons. The van der Waals surface area contributed by atoms with Crippen LogP contribution in [0.1, 0.15) is 22.3 Å². The highest BCUT2D eigenvalue weighted by molar-refractivity contribution is 6.01. The van der Waals surface area contributed by atoms with Gasteiger partial charge in [-0.05, 0) is 119 Å². The zero-order valence-corrected chi connectivity index (χ0v) is 33.0. The van der Waals surface area contributed by atoms with Gasteiger partial charge in [0.15, 0.2) is 0 Å². The molecule has 0 atom stereocenters. The Balaban J connectivity index is 1.03. The molecular formula is C59H39N. The van der Waals surface area contributed by atoms with E-state index in [0.29, 0.717) is 0 Å². The molecule has 1 nitrogen and oxygen atoms in total. The van der Waals surface area contributed by atoms with Crippen LogP contribution in [0.25, 0.3) is 66.4 Å². The molecule has 2 aliphatic rings. The van der Waals surface area contributed by atoms with Gasteiger partial charge < -0.3 is 4.90 Å². The van der Waals surface area contributed by atoms with E-state index in [1.807, 2.05) is 0 Å². The summed E-state index contributed by atoms with van der Waals surface area (Å²) in [6.45, 7) is 0. The maximum absolute atomic E-state index is 2.46. The lowest BCUT2D eigenvalue weighted by Crippen LogP contribution is -2.26. The van der Waals surface area contributed by atoms with Crippen molar-refractivity contribution >= 4 is 27.8 Å². The predicted octanol–water partition coefficient (Wildman–Crippen LogP) is 15.7. The van der Waals surface area contributed by atoms with E-state index in [1.165, 1.54) is 88.7 Å². The van der Waals surface area contributed by atoms with E-state index in [2.05, 4.69) is 241 Å². The highest BCUT2D eigenvalue weighted by Gasteiger charge is 2.52. The SMILES string of the molecule is c1ccc(-c2ccc(N(c3ccc(-c4cccc(-c5cccc6ccccc56)c4)cc3)c3cccc4c3-c3ccccc3C43c4ccccc4-c4ccccc43)cc2)cc1. The fourth-order valence-electron chi connectivity index (χ4n) is 10.3. The zero-order valence-electron chi connectivity index (χ0n) is 33.0. The molecule has 0 heterocycles. The Bertz CT molecular complexity index is 3200. The number of fused-ring (bicyclic) bond motifs is 11. The van der Waals surface area contributed by atoms with Crippen LogP contribution >= 0.6 is 0 Å². The smallest absolute Gasteiger partial charge is 0.0726 e. The first-order valence-electron chi connectivity index (χ1n) is 20.8. The molecule has 0 bridgehead atoms. The maximum Gasteiger partial charge on any atom is 0.0726 e. The van der Waals surface area contributed by atoms with Crippen LogP contribution < -0.4 is 4.90 Å². The Morgan fingerprint density at radius 2 is 0.733 bits per heavy atom. The number of anilines is 3. The van der Waals surface area contributed by atoms with Gasteiger partial charge in [-0.25, -0.2) is 0 Å². The molecule has 0 saturated heterocycles. The second-order valence-corrected chi connectivity index (χ2v) is 16.0. The van der Waals surface area contributed by atoms with Crippen LogP contribution in [0.15, 0.2) is 237 Å². The number of hydrogen-bond acceptors (Lipinski definition) is 1. The largest absolute Gasteiger partial charge is 0.310 e. The van der Waals surface area contributed by atoms with E-state index in [0.717, 1.165) is 17.1 Å². The molecule has 60 heavy (non-hydrogen) atoms. The fraction of sp³-hybridized carbons (Fsp3) is 0.0169. The molecule has 1 heteroatoms. The summed E-state index contributed by atoms with van der Waals surface area (Å²) in [6.07, 6.45) is 0. The van der Waals surface area contributed by atoms with Gasteiger partial charge >= 0.3 is 0 Å². The van der Waals surface area contributed by atoms with Crippen molar-refractivity contribution in [2.24, 2.45) is 0 Å². The Morgan fingerprint density at radius 3 is 1.43 bits per heavy atom. The normalized spacial score (nSPS) is 12.8.